The van der Waals surface area contributed by atoms with Crippen LogP contribution in [0.3, 0.4) is 0 Å². The molecule has 0 bridgehead atoms. The molecule has 0 aliphatic carbocycles. The highest BCUT2D eigenvalue weighted by Crippen LogP contribution is 2.35. The van der Waals surface area contributed by atoms with Gasteiger partial charge in [-0.05, 0) is 85.4 Å². The van der Waals surface area contributed by atoms with Gasteiger partial charge in [-0.1, -0.05) is 96.5 Å². The van der Waals surface area contributed by atoms with E-state index in [-0.39, 0.29) is 11.5 Å². The molecular weight excluding hydrogens is 697 g/mol. The monoisotopic (exact) mass is 716 g/mol. The third-order valence-corrected chi connectivity index (χ3v) is 7.82. The number of rotatable bonds is 5. The number of tetrazole rings is 2. The van der Waals surface area contributed by atoms with E-state index in [0.717, 1.165) is 25.8 Å². The summed E-state index contributed by atoms with van der Waals surface area (Å²) in [6.45, 7) is 0. The molecular formula is C32H20ClF2IN8. The molecule has 0 spiro atoms. The third-order valence-electron chi connectivity index (χ3n) is 6.55. The van der Waals surface area contributed by atoms with Gasteiger partial charge in [-0.15, -0.1) is 10.2 Å². The highest BCUT2D eigenvalue weighted by Gasteiger charge is 2.18. The van der Waals surface area contributed by atoms with Crippen LogP contribution in [0.25, 0.3) is 45.3 Å². The van der Waals surface area contributed by atoms with Crippen LogP contribution in [0, 0.1) is 15.2 Å². The van der Waals surface area contributed by atoms with Crippen LogP contribution < -0.4 is 0 Å². The average Bonchev–Trinajstić information content (AvgIpc) is 3.73. The van der Waals surface area contributed by atoms with E-state index in [0.29, 0.717) is 22.4 Å². The van der Waals surface area contributed by atoms with Crippen LogP contribution in [0.1, 0.15) is 0 Å². The van der Waals surface area contributed by atoms with Gasteiger partial charge in [0.1, 0.15) is 23.0 Å². The maximum Gasteiger partial charge on any atom is 0.188 e. The number of aromatic nitrogens is 8. The lowest BCUT2D eigenvalue weighted by molar-refractivity contribution is 0.607. The second kappa shape index (κ2) is 13.2. The van der Waals surface area contributed by atoms with E-state index in [1.807, 2.05) is 72.8 Å². The molecule has 0 radical (unpaired) electrons. The van der Waals surface area contributed by atoms with Gasteiger partial charge in [0, 0.05) is 25.3 Å². The van der Waals surface area contributed by atoms with E-state index in [9.17, 15) is 8.78 Å². The zero-order valence-electron chi connectivity index (χ0n) is 22.6. The molecule has 0 fully saturated rings. The zero-order valence-corrected chi connectivity index (χ0v) is 25.5. The van der Waals surface area contributed by atoms with Crippen molar-refractivity contribution < 1.29 is 8.78 Å². The molecule has 7 rings (SSSR count). The molecule has 2 aromatic heterocycles. The Morgan fingerprint density at radius 2 is 0.932 bits per heavy atom. The number of nitrogens with zero attached hydrogens (tertiary/aromatic N) is 8. The number of benzene rings is 5. The van der Waals surface area contributed by atoms with Crippen molar-refractivity contribution in [2.45, 2.75) is 0 Å². The molecule has 5 aromatic carbocycles. The first-order valence-electron chi connectivity index (χ1n) is 13.2. The summed E-state index contributed by atoms with van der Waals surface area (Å²) in [6.07, 6.45) is 0. The lowest BCUT2D eigenvalue weighted by Gasteiger charge is -2.11. The first-order chi connectivity index (χ1) is 21.5. The molecule has 0 N–H and O–H groups in total. The first kappa shape index (κ1) is 29.2. The zero-order chi connectivity index (χ0) is 30.5. The topological polar surface area (TPSA) is 87.2 Å². The molecule has 0 aliphatic heterocycles. The Morgan fingerprint density at radius 3 is 1.48 bits per heavy atom. The van der Waals surface area contributed by atoms with E-state index in [1.54, 1.807) is 36.4 Å². The minimum atomic E-state index is -0.397. The largest absolute Gasteiger partial charge is 0.205 e. The highest BCUT2D eigenvalue weighted by molar-refractivity contribution is 14.1. The quantitative estimate of drug-likeness (QED) is 0.169. The van der Waals surface area contributed by atoms with Gasteiger partial charge in [0.15, 0.2) is 11.6 Å². The summed E-state index contributed by atoms with van der Waals surface area (Å²) < 4.78 is 31.8. The summed E-state index contributed by atoms with van der Waals surface area (Å²) >= 11 is 8.56. The molecule has 8 nitrogen and oxygen atoms in total. The second-order valence-electron chi connectivity index (χ2n) is 9.24. The predicted octanol–water partition coefficient (Wildman–Crippen LogP) is 7.86. The van der Waals surface area contributed by atoms with Crippen LogP contribution in [0.4, 0.5) is 8.78 Å². The van der Waals surface area contributed by atoms with Crippen molar-refractivity contribution in [3.63, 3.8) is 0 Å². The molecule has 0 amide bonds. The van der Waals surface area contributed by atoms with E-state index >= 15 is 0 Å². The van der Waals surface area contributed by atoms with Crippen molar-refractivity contribution in [1.82, 2.24) is 40.4 Å². The number of hydrogen-bond acceptors (Lipinski definition) is 6. The summed E-state index contributed by atoms with van der Waals surface area (Å²) in [4.78, 5) is 0. The molecule has 7 aromatic rings. The SMILES string of the molecule is Fc1ccccc1-n1nnnc1-c1ccccc1-c1ccccc1Cl.Fc1ccccc1-n1nnnc1-c1ccccc1I. The minimum Gasteiger partial charge on any atom is -0.205 e. The summed E-state index contributed by atoms with van der Waals surface area (Å²) in [5, 5.41) is 24.0. The van der Waals surface area contributed by atoms with Gasteiger partial charge in [0.05, 0.1) is 0 Å². The maximum absolute atomic E-state index is 14.2. The molecule has 0 aliphatic rings. The number of hydrogen-bond donors (Lipinski definition) is 0. The number of halogens is 4. The van der Waals surface area contributed by atoms with Gasteiger partial charge in [0.2, 0.25) is 0 Å². The first-order valence-corrected chi connectivity index (χ1v) is 14.6. The summed E-state index contributed by atoms with van der Waals surface area (Å²) in [7, 11) is 0. The Morgan fingerprint density at radius 1 is 0.500 bits per heavy atom. The molecule has 0 atom stereocenters. The van der Waals surface area contributed by atoms with Crippen molar-refractivity contribution in [1.29, 1.82) is 0 Å². The molecule has 12 heteroatoms. The fraction of sp³-hybridized carbons (Fsp3) is 0. The summed E-state index contributed by atoms with van der Waals surface area (Å²) in [6, 6.07) is 35.7. The van der Waals surface area contributed by atoms with Crippen molar-refractivity contribution in [2.24, 2.45) is 0 Å². The van der Waals surface area contributed by atoms with Gasteiger partial charge in [-0.3, -0.25) is 0 Å². The van der Waals surface area contributed by atoms with E-state index in [4.69, 9.17) is 11.6 Å². The van der Waals surface area contributed by atoms with Gasteiger partial charge >= 0.3 is 0 Å². The van der Waals surface area contributed by atoms with Crippen molar-refractivity contribution >= 4 is 34.2 Å². The van der Waals surface area contributed by atoms with Crippen LogP contribution in [-0.2, 0) is 0 Å². The average molecular weight is 717 g/mol. The lowest BCUT2D eigenvalue weighted by Crippen LogP contribution is -2.03. The van der Waals surface area contributed by atoms with E-state index < -0.39 is 5.82 Å². The Balaban J connectivity index is 0.000000162. The maximum atomic E-state index is 14.2. The van der Waals surface area contributed by atoms with Crippen LogP contribution in [-0.4, -0.2) is 40.4 Å². The minimum absolute atomic E-state index is 0.288. The van der Waals surface area contributed by atoms with Gasteiger partial charge in [-0.2, -0.15) is 9.36 Å². The molecule has 44 heavy (non-hydrogen) atoms. The smallest absolute Gasteiger partial charge is 0.188 e. The Kier molecular flexibility index (Phi) is 8.75. The molecule has 0 unspecified atom stereocenters. The van der Waals surface area contributed by atoms with Crippen LogP contribution in [0.15, 0.2) is 121 Å². The standard InChI is InChI=1S/C19H12ClFN4.C13H8FIN4/c20-16-10-4-3-8-14(16)13-7-1-2-9-15(13)19-22-23-24-25(19)18-12-6-5-11-17(18)21;14-10-6-2-4-8-12(10)19-13(16-17-18-19)9-5-1-3-7-11(9)15/h1-12H;1-8H. The van der Waals surface area contributed by atoms with Crippen molar-refractivity contribution in [3.05, 3.63) is 142 Å². The second-order valence-corrected chi connectivity index (χ2v) is 10.8. The van der Waals surface area contributed by atoms with Gasteiger partial charge < -0.3 is 0 Å². The highest BCUT2D eigenvalue weighted by atomic mass is 127. The molecule has 216 valence electrons. The Hall–Kier alpha value is -4.88. The fourth-order valence-electron chi connectivity index (χ4n) is 4.52. The summed E-state index contributed by atoms with van der Waals surface area (Å²) in [5.74, 6) is 0.212. The van der Waals surface area contributed by atoms with Crippen molar-refractivity contribution in [2.75, 3.05) is 0 Å². The Labute approximate surface area is 269 Å². The number of para-hydroxylation sites is 2. The van der Waals surface area contributed by atoms with Gasteiger partial charge in [-0.25, -0.2) is 8.78 Å². The normalized spacial score (nSPS) is 10.7. The molecule has 2 heterocycles. The fourth-order valence-corrected chi connectivity index (χ4v) is 5.38. The van der Waals surface area contributed by atoms with E-state index in [2.05, 4.69) is 53.6 Å². The lowest BCUT2D eigenvalue weighted by atomic mass is 9.99. The Bertz CT molecular complexity index is 2000. The van der Waals surface area contributed by atoms with Crippen LogP contribution >= 0.6 is 34.2 Å². The van der Waals surface area contributed by atoms with Crippen LogP contribution in [0.2, 0.25) is 5.02 Å². The third kappa shape index (κ3) is 5.96. The van der Waals surface area contributed by atoms with E-state index in [1.165, 1.54) is 21.5 Å². The van der Waals surface area contributed by atoms with Gasteiger partial charge in [0.25, 0.3) is 0 Å². The van der Waals surface area contributed by atoms with Crippen LogP contribution in [0.5, 0.6) is 0 Å². The molecule has 0 saturated carbocycles. The summed E-state index contributed by atoms with van der Waals surface area (Å²) in [5.41, 5.74) is 4.00. The van der Waals surface area contributed by atoms with Crippen molar-refractivity contribution in [3.8, 4) is 45.3 Å². The molecule has 0 saturated heterocycles. The predicted molar refractivity (Wildman–Crippen MR) is 172 cm³/mol.